The van der Waals surface area contributed by atoms with E-state index >= 15 is 0 Å². The summed E-state index contributed by atoms with van der Waals surface area (Å²) >= 11 is 0. The third kappa shape index (κ3) is 4.52. The number of nitrogens with one attached hydrogen (secondary N) is 2. The van der Waals surface area contributed by atoms with Crippen molar-refractivity contribution in [1.82, 2.24) is 25.6 Å². The molecular formula is C27H31N7O4. The highest BCUT2D eigenvalue weighted by Gasteiger charge is 2.44. The number of carbonyl (C=O) groups excluding carboxylic acids is 2. The number of hydrogen-bond acceptors (Lipinski definition) is 9. The number of hydrogen-bond donors (Lipinski definition) is 2. The van der Waals surface area contributed by atoms with Gasteiger partial charge in [-0.1, -0.05) is 12.1 Å². The lowest BCUT2D eigenvalue weighted by Crippen LogP contribution is -2.53. The van der Waals surface area contributed by atoms with Crippen molar-refractivity contribution in [2.45, 2.75) is 25.0 Å². The Labute approximate surface area is 220 Å². The van der Waals surface area contributed by atoms with E-state index in [0.717, 1.165) is 22.5 Å². The molecule has 38 heavy (non-hydrogen) atoms. The zero-order valence-electron chi connectivity index (χ0n) is 21.6. The number of ether oxygens (including phenoxy) is 2. The summed E-state index contributed by atoms with van der Waals surface area (Å²) in [5.74, 6) is 1.23. The lowest BCUT2D eigenvalue weighted by Gasteiger charge is -2.40. The van der Waals surface area contributed by atoms with Crippen LogP contribution in [0.5, 0.6) is 0 Å². The van der Waals surface area contributed by atoms with Gasteiger partial charge in [-0.3, -0.25) is 9.59 Å². The number of benzene rings is 1. The molecule has 2 atom stereocenters. The zero-order valence-corrected chi connectivity index (χ0v) is 21.6. The van der Waals surface area contributed by atoms with Crippen LogP contribution in [0.2, 0.25) is 0 Å². The van der Waals surface area contributed by atoms with E-state index in [2.05, 4.69) is 27.4 Å². The van der Waals surface area contributed by atoms with Gasteiger partial charge < -0.3 is 29.9 Å². The Hall–Kier alpha value is -3.83. The number of aromatic nitrogens is 3. The van der Waals surface area contributed by atoms with E-state index in [4.69, 9.17) is 24.4 Å². The normalized spacial score (nSPS) is 23.6. The van der Waals surface area contributed by atoms with Crippen molar-refractivity contribution >= 4 is 34.6 Å². The molecule has 2 aromatic heterocycles. The average molecular weight is 518 g/mol. The summed E-state index contributed by atoms with van der Waals surface area (Å²) in [6.45, 7) is 6.18. The third-order valence-corrected chi connectivity index (χ3v) is 7.44. The van der Waals surface area contributed by atoms with E-state index < -0.39 is 5.60 Å². The SMILES string of the molecule is CNC(=O)c1cccc(-c2ccc3c(N4CCOC[C@@H]4C)nc(N4CCO[C@]5(CNC(=O)C5)C4)nc3n2)c1. The number of nitrogens with zero attached hydrogens (tertiary/aromatic N) is 5. The number of amides is 2. The number of rotatable bonds is 4. The average Bonchev–Trinajstić information content (AvgIpc) is 3.30. The molecule has 11 nitrogen and oxygen atoms in total. The van der Waals surface area contributed by atoms with Crippen molar-refractivity contribution in [3.05, 3.63) is 42.0 Å². The molecule has 6 rings (SSSR count). The smallest absolute Gasteiger partial charge is 0.251 e. The highest BCUT2D eigenvalue weighted by Crippen LogP contribution is 2.33. The maximum atomic E-state index is 12.2. The Morgan fingerprint density at radius 3 is 2.84 bits per heavy atom. The molecule has 0 aliphatic carbocycles. The first-order valence-corrected chi connectivity index (χ1v) is 13.0. The predicted molar refractivity (Wildman–Crippen MR) is 142 cm³/mol. The van der Waals surface area contributed by atoms with Crippen LogP contribution in [-0.2, 0) is 14.3 Å². The Bertz CT molecular complexity index is 1400. The number of morpholine rings is 2. The van der Waals surface area contributed by atoms with Crippen molar-refractivity contribution in [3.63, 3.8) is 0 Å². The first-order valence-electron chi connectivity index (χ1n) is 13.0. The fourth-order valence-corrected chi connectivity index (χ4v) is 5.42. The highest BCUT2D eigenvalue weighted by molar-refractivity contribution is 5.95. The Morgan fingerprint density at radius 1 is 1.16 bits per heavy atom. The van der Waals surface area contributed by atoms with Crippen LogP contribution in [0.25, 0.3) is 22.3 Å². The third-order valence-electron chi connectivity index (χ3n) is 7.44. The minimum atomic E-state index is -0.574. The van der Waals surface area contributed by atoms with Crippen LogP contribution >= 0.6 is 0 Å². The number of carbonyl (C=O) groups is 2. The van der Waals surface area contributed by atoms with Crippen molar-refractivity contribution in [2.24, 2.45) is 0 Å². The minimum Gasteiger partial charge on any atom is -0.377 e. The van der Waals surface area contributed by atoms with E-state index in [1.54, 1.807) is 13.1 Å². The van der Waals surface area contributed by atoms with Gasteiger partial charge in [-0.2, -0.15) is 9.97 Å². The van der Waals surface area contributed by atoms with Crippen LogP contribution < -0.4 is 20.4 Å². The van der Waals surface area contributed by atoms with Crippen LogP contribution in [0.1, 0.15) is 23.7 Å². The van der Waals surface area contributed by atoms with E-state index in [0.29, 0.717) is 69.6 Å². The van der Waals surface area contributed by atoms with Gasteiger partial charge >= 0.3 is 0 Å². The van der Waals surface area contributed by atoms with Crippen LogP contribution in [0, 0.1) is 0 Å². The van der Waals surface area contributed by atoms with Crippen molar-refractivity contribution in [1.29, 1.82) is 0 Å². The van der Waals surface area contributed by atoms with E-state index in [1.165, 1.54) is 0 Å². The standard InChI is InChI=1S/C27H31N7O4/c1-17-14-37-10-9-34(17)24-20-6-7-21(18-4-3-5-19(12-18)25(36)28-2)30-23(20)31-26(32-24)33-8-11-38-27(16-33)13-22(35)29-15-27/h3-7,12,17H,8-11,13-16H2,1-2H3,(H,28,36)(H,29,35)/t17-,27+/m0/s1. The fourth-order valence-electron chi connectivity index (χ4n) is 5.42. The Balaban J connectivity index is 1.44. The quantitative estimate of drug-likeness (QED) is 0.528. The Morgan fingerprint density at radius 2 is 2.05 bits per heavy atom. The molecule has 1 aromatic carbocycles. The summed E-state index contributed by atoms with van der Waals surface area (Å²) in [4.78, 5) is 43.5. The highest BCUT2D eigenvalue weighted by atomic mass is 16.5. The van der Waals surface area contributed by atoms with Crippen LogP contribution in [0.15, 0.2) is 36.4 Å². The molecule has 0 radical (unpaired) electrons. The van der Waals surface area contributed by atoms with Crippen molar-refractivity contribution in [3.8, 4) is 11.3 Å². The van der Waals surface area contributed by atoms with Crippen molar-refractivity contribution < 1.29 is 19.1 Å². The molecule has 3 aliphatic heterocycles. The molecule has 3 aliphatic rings. The van der Waals surface area contributed by atoms with Gasteiger partial charge in [0.2, 0.25) is 11.9 Å². The second kappa shape index (κ2) is 9.80. The summed E-state index contributed by atoms with van der Waals surface area (Å²) in [5.41, 5.74) is 2.12. The molecule has 2 N–H and O–H groups in total. The Kier molecular flexibility index (Phi) is 6.32. The minimum absolute atomic E-state index is 0.000552. The van der Waals surface area contributed by atoms with Gasteiger partial charge in [0.25, 0.3) is 5.91 Å². The molecule has 0 bridgehead atoms. The first-order chi connectivity index (χ1) is 18.4. The molecule has 0 unspecified atom stereocenters. The lowest BCUT2D eigenvalue weighted by atomic mass is 10.0. The number of anilines is 2. The van der Waals surface area contributed by atoms with Gasteiger partial charge in [-0.05, 0) is 31.2 Å². The second-order valence-corrected chi connectivity index (χ2v) is 10.1. The van der Waals surface area contributed by atoms with Gasteiger partial charge in [0.05, 0.1) is 49.9 Å². The summed E-state index contributed by atoms with van der Waals surface area (Å²) < 4.78 is 11.7. The fraction of sp³-hybridized carbons (Fsp3) is 0.444. The topological polar surface area (TPSA) is 122 Å². The first kappa shape index (κ1) is 24.5. The maximum absolute atomic E-state index is 12.2. The molecule has 0 saturated carbocycles. The second-order valence-electron chi connectivity index (χ2n) is 10.1. The predicted octanol–water partition coefficient (Wildman–Crippen LogP) is 1.37. The van der Waals surface area contributed by atoms with Gasteiger partial charge in [-0.15, -0.1) is 0 Å². The number of fused-ring (bicyclic) bond motifs is 1. The largest absolute Gasteiger partial charge is 0.377 e. The molecule has 1 spiro atoms. The summed E-state index contributed by atoms with van der Waals surface area (Å²) in [7, 11) is 1.61. The maximum Gasteiger partial charge on any atom is 0.251 e. The molecular weight excluding hydrogens is 486 g/mol. The van der Waals surface area contributed by atoms with E-state index in [1.807, 2.05) is 30.3 Å². The summed E-state index contributed by atoms with van der Waals surface area (Å²) in [5, 5.41) is 6.42. The van der Waals surface area contributed by atoms with Gasteiger partial charge in [0, 0.05) is 37.8 Å². The summed E-state index contributed by atoms with van der Waals surface area (Å²) in [6.07, 6.45) is 0.328. The van der Waals surface area contributed by atoms with Crippen LogP contribution in [0.4, 0.5) is 11.8 Å². The van der Waals surface area contributed by atoms with Crippen LogP contribution in [0.3, 0.4) is 0 Å². The van der Waals surface area contributed by atoms with Gasteiger partial charge in [-0.25, -0.2) is 4.98 Å². The van der Waals surface area contributed by atoms with Crippen LogP contribution in [-0.4, -0.2) is 91.5 Å². The number of pyridine rings is 1. The molecule has 3 fully saturated rings. The van der Waals surface area contributed by atoms with E-state index in [-0.39, 0.29) is 17.9 Å². The molecule has 198 valence electrons. The molecule has 5 heterocycles. The van der Waals surface area contributed by atoms with Gasteiger partial charge in [0.1, 0.15) is 11.4 Å². The molecule has 2 amide bonds. The molecule has 11 heteroatoms. The monoisotopic (exact) mass is 517 g/mol. The van der Waals surface area contributed by atoms with E-state index in [9.17, 15) is 9.59 Å². The summed E-state index contributed by atoms with van der Waals surface area (Å²) in [6, 6.07) is 11.5. The zero-order chi connectivity index (χ0) is 26.3. The van der Waals surface area contributed by atoms with Crippen molar-refractivity contribution in [2.75, 3.05) is 62.8 Å². The molecule has 3 saturated heterocycles. The molecule has 3 aromatic rings. The van der Waals surface area contributed by atoms with Gasteiger partial charge in [0.15, 0.2) is 5.65 Å². The lowest BCUT2D eigenvalue weighted by molar-refractivity contribution is -0.121.